The highest BCUT2D eigenvalue weighted by molar-refractivity contribution is 5.82. The number of rotatable bonds is 7. The monoisotopic (exact) mass is 307 g/mol. The number of carbonyl (C=O) groups is 1. The molecule has 22 heavy (non-hydrogen) atoms. The SMILES string of the molecule is CNC(C(=O)NCCN(C)C1CCCCC1)c1cnn(C)c1. The van der Waals surface area contributed by atoms with Crippen molar-refractivity contribution in [3.8, 4) is 0 Å². The molecule has 2 rings (SSSR count). The maximum absolute atomic E-state index is 12.3. The van der Waals surface area contributed by atoms with Gasteiger partial charge in [0.1, 0.15) is 6.04 Å². The van der Waals surface area contributed by atoms with E-state index in [0.29, 0.717) is 12.6 Å². The van der Waals surface area contributed by atoms with E-state index >= 15 is 0 Å². The van der Waals surface area contributed by atoms with Gasteiger partial charge in [0, 0.05) is 37.9 Å². The second-order valence-corrected chi connectivity index (χ2v) is 6.23. The molecule has 0 saturated heterocycles. The molecule has 1 saturated carbocycles. The third kappa shape index (κ3) is 4.55. The molecular formula is C16H29N5O. The molecule has 1 aromatic rings. The Balaban J connectivity index is 1.76. The van der Waals surface area contributed by atoms with Gasteiger partial charge < -0.3 is 15.5 Å². The van der Waals surface area contributed by atoms with E-state index in [4.69, 9.17) is 0 Å². The first-order valence-corrected chi connectivity index (χ1v) is 8.25. The maximum atomic E-state index is 12.3. The number of hydrogen-bond donors (Lipinski definition) is 2. The van der Waals surface area contributed by atoms with E-state index < -0.39 is 0 Å². The minimum atomic E-state index is -0.339. The molecule has 1 unspecified atom stereocenters. The molecule has 6 nitrogen and oxygen atoms in total. The van der Waals surface area contributed by atoms with Crippen LogP contribution in [0.15, 0.2) is 12.4 Å². The fourth-order valence-corrected chi connectivity index (χ4v) is 3.20. The van der Waals surface area contributed by atoms with E-state index in [2.05, 4.69) is 27.7 Å². The van der Waals surface area contributed by atoms with Crippen LogP contribution < -0.4 is 10.6 Å². The Kier molecular flexibility index (Phi) is 6.39. The van der Waals surface area contributed by atoms with Crippen LogP contribution in [0.2, 0.25) is 0 Å². The van der Waals surface area contributed by atoms with Crippen molar-refractivity contribution in [2.75, 3.05) is 27.2 Å². The summed E-state index contributed by atoms with van der Waals surface area (Å²) >= 11 is 0. The average Bonchev–Trinajstić information content (AvgIpc) is 2.95. The Hall–Kier alpha value is -1.40. The Bertz CT molecular complexity index is 467. The van der Waals surface area contributed by atoms with Gasteiger partial charge in [0.15, 0.2) is 0 Å². The van der Waals surface area contributed by atoms with Crippen molar-refractivity contribution in [1.29, 1.82) is 0 Å². The van der Waals surface area contributed by atoms with Crippen molar-refractivity contribution in [2.45, 2.75) is 44.2 Å². The summed E-state index contributed by atoms with van der Waals surface area (Å²) in [5.41, 5.74) is 0.892. The molecule has 0 radical (unpaired) electrons. The van der Waals surface area contributed by atoms with Crippen LogP contribution in [-0.2, 0) is 11.8 Å². The van der Waals surface area contributed by atoms with Gasteiger partial charge >= 0.3 is 0 Å². The second kappa shape index (κ2) is 8.29. The molecule has 124 valence electrons. The molecule has 1 aliphatic rings. The summed E-state index contributed by atoms with van der Waals surface area (Å²) in [6, 6.07) is 0.345. The van der Waals surface area contributed by atoms with Crippen LogP contribution in [0.25, 0.3) is 0 Å². The van der Waals surface area contributed by atoms with Crippen molar-refractivity contribution >= 4 is 5.91 Å². The van der Waals surface area contributed by atoms with Gasteiger partial charge in [0.2, 0.25) is 5.91 Å². The van der Waals surface area contributed by atoms with Crippen molar-refractivity contribution in [2.24, 2.45) is 7.05 Å². The molecule has 0 bridgehead atoms. The summed E-state index contributed by atoms with van der Waals surface area (Å²) < 4.78 is 1.71. The van der Waals surface area contributed by atoms with Crippen LogP contribution in [0.1, 0.15) is 43.7 Å². The lowest BCUT2D eigenvalue weighted by atomic mass is 9.94. The molecule has 6 heteroatoms. The molecule has 1 aromatic heterocycles. The van der Waals surface area contributed by atoms with E-state index in [9.17, 15) is 4.79 Å². The minimum absolute atomic E-state index is 0.00699. The predicted molar refractivity (Wildman–Crippen MR) is 87.5 cm³/mol. The van der Waals surface area contributed by atoms with Crippen molar-refractivity contribution < 1.29 is 4.79 Å². The largest absolute Gasteiger partial charge is 0.353 e. The third-order valence-corrected chi connectivity index (χ3v) is 4.57. The van der Waals surface area contributed by atoms with Gasteiger partial charge in [-0.15, -0.1) is 0 Å². The van der Waals surface area contributed by atoms with E-state index in [1.165, 1.54) is 32.1 Å². The minimum Gasteiger partial charge on any atom is -0.353 e. The molecule has 0 aromatic carbocycles. The molecule has 1 amide bonds. The quantitative estimate of drug-likeness (QED) is 0.791. The zero-order valence-electron chi connectivity index (χ0n) is 14.0. The maximum Gasteiger partial charge on any atom is 0.241 e. The Morgan fingerprint density at radius 2 is 2.18 bits per heavy atom. The highest BCUT2D eigenvalue weighted by Gasteiger charge is 2.21. The van der Waals surface area contributed by atoms with E-state index in [-0.39, 0.29) is 11.9 Å². The molecule has 0 spiro atoms. The summed E-state index contributed by atoms with van der Waals surface area (Å²) in [6.07, 6.45) is 10.2. The Labute approximate surface area is 133 Å². The normalized spacial score (nSPS) is 17.6. The number of carbonyl (C=O) groups excluding carboxylic acids is 1. The fraction of sp³-hybridized carbons (Fsp3) is 0.750. The molecule has 2 N–H and O–H groups in total. The molecule has 1 heterocycles. The zero-order valence-corrected chi connectivity index (χ0v) is 14.0. The Morgan fingerprint density at radius 3 is 2.77 bits per heavy atom. The number of aromatic nitrogens is 2. The van der Waals surface area contributed by atoms with Gasteiger partial charge in [-0.25, -0.2) is 0 Å². The third-order valence-electron chi connectivity index (χ3n) is 4.57. The van der Waals surface area contributed by atoms with Crippen molar-refractivity contribution in [3.63, 3.8) is 0 Å². The lowest BCUT2D eigenvalue weighted by molar-refractivity contribution is -0.123. The van der Waals surface area contributed by atoms with Gasteiger partial charge in [-0.1, -0.05) is 19.3 Å². The Morgan fingerprint density at radius 1 is 1.45 bits per heavy atom. The number of likely N-dealkylation sites (N-methyl/N-ethyl adjacent to an activating group) is 2. The first kappa shape index (κ1) is 17.0. The summed E-state index contributed by atoms with van der Waals surface area (Å²) in [4.78, 5) is 14.7. The van der Waals surface area contributed by atoms with Crippen LogP contribution in [0.5, 0.6) is 0 Å². The van der Waals surface area contributed by atoms with Crippen molar-refractivity contribution in [3.05, 3.63) is 18.0 Å². The van der Waals surface area contributed by atoms with Crippen LogP contribution in [0.3, 0.4) is 0 Å². The van der Waals surface area contributed by atoms with E-state index in [0.717, 1.165) is 12.1 Å². The average molecular weight is 307 g/mol. The summed E-state index contributed by atoms with van der Waals surface area (Å²) in [5.74, 6) is 0.00699. The topological polar surface area (TPSA) is 62.2 Å². The summed E-state index contributed by atoms with van der Waals surface area (Å²) in [5, 5.41) is 10.2. The second-order valence-electron chi connectivity index (χ2n) is 6.23. The van der Waals surface area contributed by atoms with Crippen LogP contribution in [0, 0.1) is 0 Å². The van der Waals surface area contributed by atoms with E-state index in [1.54, 1.807) is 17.9 Å². The molecule has 0 aliphatic heterocycles. The number of aryl methyl sites for hydroxylation is 1. The lowest BCUT2D eigenvalue weighted by Crippen LogP contribution is -2.42. The first-order chi connectivity index (χ1) is 10.6. The highest BCUT2D eigenvalue weighted by atomic mass is 16.2. The fourth-order valence-electron chi connectivity index (χ4n) is 3.20. The lowest BCUT2D eigenvalue weighted by Gasteiger charge is -2.31. The zero-order chi connectivity index (χ0) is 15.9. The molecule has 1 atom stereocenters. The van der Waals surface area contributed by atoms with Gasteiger partial charge in [-0.2, -0.15) is 5.10 Å². The highest BCUT2D eigenvalue weighted by Crippen LogP contribution is 2.21. The van der Waals surface area contributed by atoms with Gasteiger partial charge in [0.05, 0.1) is 6.20 Å². The predicted octanol–water partition coefficient (Wildman–Crippen LogP) is 1.06. The van der Waals surface area contributed by atoms with Crippen molar-refractivity contribution in [1.82, 2.24) is 25.3 Å². The van der Waals surface area contributed by atoms with Crippen LogP contribution >= 0.6 is 0 Å². The van der Waals surface area contributed by atoms with E-state index in [1.807, 2.05) is 13.2 Å². The molecule has 1 fully saturated rings. The smallest absolute Gasteiger partial charge is 0.241 e. The number of amides is 1. The first-order valence-electron chi connectivity index (χ1n) is 8.25. The molecular weight excluding hydrogens is 278 g/mol. The van der Waals surface area contributed by atoms with Crippen LogP contribution in [0.4, 0.5) is 0 Å². The van der Waals surface area contributed by atoms with Crippen LogP contribution in [-0.4, -0.2) is 53.8 Å². The number of hydrogen-bond acceptors (Lipinski definition) is 4. The number of nitrogens with zero attached hydrogens (tertiary/aromatic N) is 3. The van der Waals surface area contributed by atoms with Gasteiger partial charge in [-0.3, -0.25) is 9.48 Å². The number of nitrogens with one attached hydrogen (secondary N) is 2. The van der Waals surface area contributed by atoms with Gasteiger partial charge in [-0.05, 0) is 26.9 Å². The van der Waals surface area contributed by atoms with Gasteiger partial charge in [0.25, 0.3) is 0 Å². The standard InChI is InChI=1S/C16H29N5O/c1-17-15(13-11-19-21(3)12-13)16(22)18-9-10-20(2)14-7-5-4-6-8-14/h11-12,14-15,17H,4-10H2,1-3H3,(H,18,22). The summed E-state index contributed by atoms with van der Waals surface area (Å²) in [7, 11) is 5.82. The summed E-state index contributed by atoms with van der Waals surface area (Å²) in [6.45, 7) is 1.59. The molecule has 1 aliphatic carbocycles.